The second-order valence-corrected chi connectivity index (χ2v) is 7.12. The number of nitrogens with zero attached hydrogens (tertiary/aromatic N) is 3. The van der Waals surface area contributed by atoms with Crippen LogP contribution in [-0.4, -0.2) is 48.2 Å². The van der Waals surface area contributed by atoms with Crippen LogP contribution in [0.3, 0.4) is 0 Å². The molecule has 144 valence electrons. The molecular formula is C20H26N4O3. The molecule has 1 spiro atoms. The first-order chi connectivity index (χ1) is 13.1. The number of ether oxygens (including phenoxy) is 3. The van der Waals surface area contributed by atoms with Crippen molar-refractivity contribution in [1.29, 1.82) is 0 Å². The lowest BCUT2D eigenvalue weighted by Gasteiger charge is -2.38. The normalized spacial score (nSPS) is 18.9. The fourth-order valence-corrected chi connectivity index (χ4v) is 3.49. The summed E-state index contributed by atoms with van der Waals surface area (Å²) in [6, 6.07) is 9.77. The Hall–Kier alpha value is -2.38. The topological polar surface area (TPSA) is 68.7 Å². The van der Waals surface area contributed by atoms with Gasteiger partial charge in [0.15, 0.2) is 5.79 Å². The van der Waals surface area contributed by atoms with Crippen LogP contribution >= 0.6 is 0 Å². The molecule has 1 aromatic carbocycles. The first kappa shape index (κ1) is 18.0. The number of para-hydroxylation sites is 2. The zero-order valence-corrected chi connectivity index (χ0v) is 15.9. The van der Waals surface area contributed by atoms with E-state index in [0.717, 1.165) is 43.2 Å². The van der Waals surface area contributed by atoms with Gasteiger partial charge >= 0.3 is 0 Å². The highest BCUT2D eigenvalue weighted by molar-refractivity contribution is 5.63. The van der Waals surface area contributed by atoms with E-state index in [2.05, 4.69) is 15.2 Å². The van der Waals surface area contributed by atoms with E-state index in [9.17, 15) is 0 Å². The van der Waals surface area contributed by atoms with Crippen LogP contribution in [0.25, 0.3) is 0 Å². The third kappa shape index (κ3) is 4.14. The highest BCUT2D eigenvalue weighted by Crippen LogP contribution is 2.33. The van der Waals surface area contributed by atoms with E-state index in [-0.39, 0.29) is 11.9 Å². The highest BCUT2D eigenvalue weighted by Gasteiger charge is 2.40. The fourth-order valence-electron chi connectivity index (χ4n) is 3.49. The van der Waals surface area contributed by atoms with Crippen molar-refractivity contribution in [2.24, 2.45) is 0 Å². The van der Waals surface area contributed by atoms with Gasteiger partial charge in [-0.15, -0.1) is 0 Å². The Morgan fingerprint density at radius 1 is 1.11 bits per heavy atom. The second-order valence-electron chi connectivity index (χ2n) is 7.12. The molecule has 4 rings (SSSR count). The summed E-state index contributed by atoms with van der Waals surface area (Å²) in [4.78, 5) is 11.3. The van der Waals surface area contributed by atoms with Crippen molar-refractivity contribution >= 4 is 17.5 Å². The molecule has 0 saturated carbocycles. The van der Waals surface area contributed by atoms with E-state index < -0.39 is 0 Å². The summed E-state index contributed by atoms with van der Waals surface area (Å²) in [5.74, 6) is 1.87. The second kappa shape index (κ2) is 7.70. The van der Waals surface area contributed by atoms with Gasteiger partial charge in [0.1, 0.15) is 11.6 Å². The summed E-state index contributed by atoms with van der Waals surface area (Å²) in [7, 11) is 0. The van der Waals surface area contributed by atoms with Crippen LogP contribution < -0.4 is 15.0 Å². The Balaban J connectivity index is 1.46. The van der Waals surface area contributed by atoms with Crippen LogP contribution in [0.5, 0.6) is 5.75 Å². The van der Waals surface area contributed by atoms with Gasteiger partial charge < -0.3 is 24.4 Å². The van der Waals surface area contributed by atoms with E-state index in [0.29, 0.717) is 19.2 Å². The van der Waals surface area contributed by atoms with Crippen molar-refractivity contribution < 1.29 is 14.2 Å². The molecule has 2 saturated heterocycles. The van der Waals surface area contributed by atoms with Gasteiger partial charge in [-0.1, -0.05) is 12.1 Å². The van der Waals surface area contributed by atoms with E-state index in [1.807, 2.05) is 44.2 Å². The Kier molecular flexibility index (Phi) is 5.13. The lowest BCUT2D eigenvalue weighted by Crippen LogP contribution is -2.45. The number of benzene rings is 1. The SMILES string of the molecule is CC(C)Oc1ccccc1Nc1nccc(N2CCC3(CC2)OCCO3)n1. The molecule has 0 radical (unpaired) electrons. The van der Waals surface area contributed by atoms with Crippen LogP contribution in [0.15, 0.2) is 36.5 Å². The van der Waals surface area contributed by atoms with Gasteiger partial charge in [0.25, 0.3) is 0 Å². The summed E-state index contributed by atoms with van der Waals surface area (Å²) in [5, 5.41) is 3.28. The monoisotopic (exact) mass is 370 g/mol. The molecule has 2 aliphatic heterocycles. The predicted molar refractivity (Wildman–Crippen MR) is 104 cm³/mol. The van der Waals surface area contributed by atoms with Crippen molar-refractivity contribution in [3.8, 4) is 5.75 Å². The lowest BCUT2D eigenvalue weighted by atomic mass is 10.0. The summed E-state index contributed by atoms with van der Waals surface area (Å²) in [6.45, 7) is 7.11. The van der Waals surface area contributed by atoms with Gasteiger partial charge in [-0.05, 0) is 32.0 Å². The molecule has 0 aliphatic carbocycles. The minimum atomic E-state index is -0.377. The Morgan fingerprint density at radius 2 is 1.85 bits per heavy atom. The van der Waals surface area contributed by atoms with Gasteiger partial charge in [0.2, 0.25) is 5.95 Å². The first-order valence-electron chi connectivity index (χ1n) is 9.52. The molecule has 2 aliphatic rings. The Labute approximate surface area is 159 Å². The lowest BCUT2D eigenvalue weighted by molar-refractivity contribution is -0.169. The number of anilines is 3. The molecule has 2 aromatic rings. The summed E-state index contributed by atoms with van der Waals surface area (Å²) in [6.07, 6.45) is 3.58. The van der Waals surface area contributed by atoms with Crippen LogP contribution in [-0.2, 0) is 9.47 Å². The average Bonchev–Trinajstić information content (AvgIpc) is 3.12. The summed E-state index contributed by atoms with van der Waals surface area (Å²) < 4.78 is 17.5. The molecule has 0 bridgehead atoms. The molecule has 7 nitrogen and oxygen atoms in total. The number of aromatic nitrogens is 2. The van der Waals surface area contributed by atoms with E-state index in [1.165, 1.54) is 0 Å². The van der Waals surface area contributed by atoms with Crippen molar-refractivity contribution in [2.45, 2.75) is 38.6 Å². The van der Waals surface area contributed by atoms with Crippen LogP contribution in [0.2, 0.25) is 0 Å². The van der Waals surface area contributed by atoms with Crippen LogP contribution in [0.1, 0.15) is 26.7 Å². The summed E-state index contributed by atoms with van der Waals surface area (Å²) >= 11 is 0. The number of rotatable bonds is 5. The Morgan fingerprint density at radius 3 is 2.59 bits per heavy atom. The third-order valence-corrected chi connectivity index (χ3v) is 4.80. The van der Waals surface area contributed by atoms with E-state index in [1.54, 1.807) is 6.20 Å². The molecule has 0 atom stereocenters. The van der Waals surface area contributed by atoms with E-state index >= 15 is 0 Å². The Bertz CT molecular complexity index is 767. The van der Waals surface area contributed by atoms with E-state index in [4.69, 9.17) is 19.2 Å². The van der Waals surface area contributed by atoms with Crippen molar-refractivity contribution in [3.63, 3.8) is 0 Å². The minimum Gasteiger partial charge on any atom is -0.489 e. The maximum absolute atomic E-state index is 5.86. The number of piperidine rings is 1. The molecule has 0 amide bonds. The molecule has 1 aromatic heterocycles. The maximum atomic E-state index is 5.86. The number of hydrogen-bond donors (Lipinski definition) is 1. The molecule has 0 unspecified atom stereocenters. The van der Waals surface area contributed by atoms with Gasteiger partial charge in [-0.3, -0.25) is 0 Å². The van der Waals surface area contributed by atoms with Gasteiger partial charge in [0, 0.05) is 32.1 Å². The average molecular weight is 370 g/mol. The van der Waals surface area contributed by atoms with Crippen molar-refractivity contribution in [2.75, 3.05) is 36.5 Å². The molecular weight excluding hydrogens is 344 g/mol. The summed E-state index contributed by atoms with van der Waals surface area (Å²) in [5.41, 5.74) is 0.855. The van der Waals surface area contributed by atoms with Crippen LogP contribution in [0, 0.1) is 0 Å². The number of nitrogens with one attached hydrogen (secondary N) is 1. The van der Waals surface area contributed by atoms with Gasteiger partial charge in [0.05, 0.1) is 25.0 Å². The molecule has 7 heteroatoms. The zero-order chi connectivity index (χ0) is 18.7. The molecule has 27 heavy (non-hydrogen) atoms. The van der Waals surface area contributed by atoms with Crippen molar-refractivity contribution in [3.05, 3.63) is 36.5 Å². The highest BCUT2D eigenvalue weighted by atomic mass is 16.7. The van der Waals surface area contributed by atoms with Crippen LogP contribution in [0.4, 0.5) is 17.5 Å². The first-order valence-corrected chi connectivity index (χ1v) is 9.52. The minimum absolute atomic E-state index is 0.0981. The molecule has 2 fully saturated rings. The quantitative estimate of drug-likeness (QED) is 0.865. The number of hydrogen-bond acceptors (Lipinski definition) is 7. The molecule has 3 heterocycles. The standard InChI is InChI=1S/C20H26N4O3/c1-15(2)27-17-6-4-3-5-16(17)22-19-21-10-7-18(23-19)24-11-8-20(9-12-24)25-13-14-26-20/h3-7,10,15H,8-9,11-14H2,1-2H3,(H,21,22,23). The fraction of sp³-hybridized carbons (Fsp3) is 0.500. The van der Waals surface area contributed by atoms with Gasteiger partial charge in [-0.2, -0.15) is 4.98 Å². The third-order valence-electron chi connectivity index (χ3n) is 4.80. The maximum Gasteiger partial charge on any atom is 0.229 e. The largest absolute Gasteiger partial charge is 0.489 e. The smallest absolute Gasteiger partial charge is 0.229 e. The van der Waals surface area contributed by atoms with Gasteiger partial charge in [-0.25, -0.2) is 4.98 Å². The van der Waals surface area contributed by atoms with Crippen molar-refractivity contribution in [1.82, 2.24) is 9.97 Å². The zero-order valence-electron chi connectivity index (χ0n) is 15.9. The molecule has 1 N–H and O–H groups in total. The predicted octanol–water partition coefficient (Wildman–Crippen LogP) is 3.35.